The maximum atomic E-state index is 13.0. The van der Waals surface area contributed by atoms with E-state index in [1.807, 2.05) is 17.5 Å². The van der Waals surface area contributed by atoms with Crippen molar-refractivity contribution in [3.63, 3.8) is 0 Å². The second-order valence-electron chi connectivity index (χ2n) is 6.68. The Hall–Kier alpha value is -0.670. The molecule has 0 aliphatic carbocycles. The van der Waals surface area contributed by atoms with Crippen molar-refractivity contribution in [2.24, 2.45) is 0 Å². The summed E-state index contributed by atoms with van der Waals surface area (Å²) in [5.74, 6) is 0.330. The van der Waals surface area contributed by atoms with Gasteiger partial charge < -0.3 is 10.2 Å². The molecule has 2 fully saturated rings. The lowest BCUT2D eigenvalue weighted by Gasteiger charge is -2.36. The number of carbonyl (C=O) groups is 1. The minimum absolute atomic E-state index is 0. The average molecular weight is 408 g/mol. The molecule has 1 aromatic heterocycles. The number of carbonyl (C=O) groups excluding carboxylic acids is 1. The third-order valence-corrected chi connectivity index (χ3v) is 7.46. The summed E-state index contributed by atoms with van der Waals surface area (Å²) in [6.07, 6.45) is 0.552. The van der Waals surface area contributed by atoms with Crippen LogP contribution >= 0.6 is 23.7 Å². The maximum absolute atomic E-state index is 13.0. The van der Waals surface area contributed by atoms with Crippen LogP contribution in [0.3, 0.4) is 0 Å². The Balaban J connectivity index is 0.00000225. The smallest absolute Gasteiger partial charge is 0.237 e. The molecule has 0 spiro atoms. The first-order valence-corrected chi connectivity index (χ1v) is 11.1. The van der Waals surface area contributed by atoms with E-state index in [2.05, 4.69) is 17.1 Å². The molecule has 142 valence electrons. The first-order chi connectivity index (χ1) is 11.4. The number of amides is 1. The van der Waals surface area contributed by atoms with Gasteiger partial charge in [-0.15, -0.1) is 23.7 Å². The lowest BCUT2D eigenvalue weighted by atomic mass is 10.2. The van der Waals surface area contributed by atoms with Crippen LogP contribution in [0.5, 0.6) is 0 Å². The highest BCUT2D eigenvalue weighted by Crippen LogP contribution is 2.22. The molecule has 0 bridgehead atoms. The molecule has 6 nitrogen and oxygen atoms in total. The summed E-state index contributed by atoms with van der Waals surface area (Å²) in [6.45, 7) is 5.62. The third kappa shape index (κ3) is 5.40. The number of nitrogens with one attached hydrogen (secondary N) is 1. The van der Waals surface area contributed by atoms with Crippen molar-refractivity contribution in [3.05, 3.63) is 22.4 Å². The molecule has 0 radical (unpaired) electrons. The van der Waals surface area contributed by atoms with Crippen molar-refractivity contribution < 1.29 is 13.2 Å². The number of hydrogen-bond donors (Lipinski definition) is 1. The Morgan fingerprint density at radius 1 is 1.48 bits per heavy atom. The number of thiophene rings is 1. The fraction of sp³-hybridized carbons (Fsp3) is 0.688. The molecule has 3 rings (SSSR count). The van der Waals surface area contributed by atoms with Crippen molar-refractivity contribution in [2.45, 2.75) is 32.0 Å². The van der Waals surface area contributed by atoms with Crippen molar-refractivity contribution >= 4 is 39.5 Å². The summed E-state index contributed by atoms with van der Waals surface area (Å²) < 4.78 is 23.7. The first-order valence-electron chi connectivity index (χ1n) is 8.41. The van der Waals surface area contributed by atoms with Gasteiger partial charge in [-0.25, -0.2) is 8.42 Å². The summed E-state index contributed by atoms with van der Waals surface area (Å²) in [7, 11) is -3.01. The number of sulfone groups is 1. The van der Waals surface area contributed by atoms with E-state index in [9.17, 15) is 13.2 Å². The van der Waals surface area contributed by atoms with Gasteiger partial charge in [0.05, 0.1) is 24.6 Å². The number of rotatable bonds is 5. The molecule has 1 aromatic rings. The van der Waals surface area contributed by atoms with Crippen LogP contribution in [0.4, 0.5) is 0 Å². The predicted octanol–water partition coefficient (Wildman–Crippen LogP) is 0.979. The summed E-state index contributed by atoms with van der Waals surface area (Å²) in [6, 6.07) is 4.09. The predicted molar refractivity (Wildman–Crippen MR) is 103 cm³/mol. The Morgan fingerprint density at radius 2 is 2.28 bits per heavy atom. The molecule has 2 atom stereocenters. The molecule has 1 amide bonds. The van der Waals surface area contributed by atoms with Crippen molar-refractivity contribution in [2.75, 3.05) is 37.7 Å². The van der Waals surface area contributed by atoms with Crippen LogP contribution in [0.15, 0.2) is 17.5 Å². The number of piperazine rings is 1. The van der Waals surface area contributed by atoms with Crippen LogP contribution in [-0.2, 0) is 21.2 Å². The van der Waals surface area contributed by atoms with E-state index in [4.69, 9.17) is 0 Å². The molecule has 3 heterocycles. The molecule has 1 N–H and O–H groups in total. The highest BCUT2D eigenvalue weighted by molar-refractivity contribution is 7.91. The van der Waals surface area contributed by atoms with Gasteiger partial charge in [0.25, 0.3) is 0 Å². The normalized spacial score (nSPS) is 26.1. The average Bonchev–Trinajstić information content (AvgIpc) is 3.16. The van der Waals surface area contributed by atoms with Crippen LogP contribution in [-0.4, -0.2) is 73.9 Å². The van der Waals surface area contributed by atoms with E-state index in [1.165, 1.54) is 0 Å². The SMILES string of the molecule is C[C@H]1CNCCN1CC(=O)N(Cc1cccs1)C1CCS(=O)(=O)C1.Cl. The monoisotopic (exact) mass is 407 g/mol. The summed E-state index contributed by atoms with van der Waals surface area (Å²) >= 11 is 1.61. The molecule has 0 aromatic carbocycles. The van der Waals surface area contributed by atoms with E-state index in [-0.39, 0.29) is 35.9 Å². The van der Waals surface area contributed by atoms with Gasteiger partial charge in [0.15, 0.2) is 9.84 Å². The zero-order valence-electron chi connectivity index (χ0n) is 14.4. The Bertz CT molecular complexity index is 666. The van der Waals surface area contributed by atoms with Gasteiger partial charge in [-0.1, -0.05) is 6.07 Å². The Morgan fingerprint density at radius 3 is 2.88 bits per heavy atom. The van der Waals surface area contributed by atoms with E-state index < -0.39 is 9.84 Å². The molecule has 2 aliphatic rings. The highest BCUT2D eigenvalue weighted by atomic mass is 35.5. The zero-order chi connectivity index (χ0) is 17.2. The van der Waals surface area contributed by atoms with E-state index in [1.54, 1.807) is 16.2 Å². The topological polar surface area (TPSA) is 69.7 Å². The Labute approximate surface area is 159 Å². The molecule has 0 saturated carbocycles. The fourth-order valence-electron chi connectivity index (χ4n) is 3.40. The fourth-order valence-corrected chi connectivity index (χ4v) is 5.83. The quantitative estimate of drug-likeness (QED) is 0.787. The molecule has 2 saturated heterocycles. The van der Waals surface area contributed by atoms with Crippen molar-refractivity contribution in [1.29, 1.82) is 0 Å². The number of halogens is 1. The van der Waals surface area contributed by atoms with Gasteiger partial charge in [-0.05, 0) is 24.8 Å². The first kappa shape index (κ1) is 20.6. The number of hydrogen-bond acceptors (Lipinski definition) is 6. The molecular formula is C16H26ClN3O3S2. The van der Waals surface area contributed by atoms with Gasteiger partial charge in [-0.2, -0.15) is 0 Å². The summed E-state index contributed by atoms with van der Waals surface area (Å²) in [5.41, 5.74) is 0. The molecular weight excluding hydrogens is 382 g/mol. The Kier molecular flexibility index (Phi) is 7.28. The van der Waals surface area contributed by atoms with Gasteiger partial charge in [-0.3, -0.25) is 9.69 Å². The van der Waals surface area contributed by atoms with Crippen LogP contribution in [0.1, 0.15) is 18.2 Å². The second-order valence-corrected chi connectivity index (χ2v) is 9.94. The second kappa shape index (κ2) is 8.81. The van der Waals surface area contributed by atoms with Crippen LogP contribution in [0, 0.1) is 0 Å². The van der Waals surface area contributed by atoms with Gasteiger partial charge in [0.2, 0.25) is 5.91 Å². The number of nitrogens with zero attached hydrogens (tertiary/aromatic N) is 2. The van der Waals surface area contributed by atoms with E-state index in [0.717, 1.165) is 24.5 Å². The maximum Gasteiger partial charge on any atom is 0.237 e. The highest BCUT2D eigenvalue weighted by Gasteiger charge is 2.35. The van der Waals surface area contributed by atoms with Crippen LogP contribution in [0.25, 0.3) is 0 Å². The van der Waals surface area contributed by atoms with Crippen molar-refractivity contribution in [1.82, 2.24) is 15.1 Å². The lowest BCUT2D eigenvalue weighted by molar-refractivity contribution is -0.135. The van der Waals surface area contributed by atoms with Crippen LogP contribution < -0.4 is 5.32 Å². The summed E-state index contributed by atoms with van der Waals surface area (Å²) in [4.78, 5) is 18.0. The molecule has 2 aliphatic heterocycles. The zero-order valence-corrected chi connectivity index (χ0v) is 16.8. The van der Waals surface area contributed by atoms with Gasteiger partial charge in [0, 0.05) is 36.6 Å². The van der Waals surface area contributed by atoms with Crippen molar-refractivity contribution in [3.8, 4) is 0 Å². The van der Waals surface area contributed by atoms with Gasteiger partial charge in [0.1, 0.15) is 0 Å². The molecule has 9 heteroatoms. The minimum atomic E-state index is -3.01. The lowest BCUT2D eigenvalue weighted by Crippen LogP contribution is -2.54. The largest absolute Gasteiger partial charge is 0.332 e. The summed E-state index contributed by atoms with van der Waals surface area (Å²) in [5, 5.41) is 5.31. The minimum Gasteiger partial charge on any atom is -0.332 e. The third-order valence-electron chi connectivity index (χ3n) is 4.85. The van der Waals surface area contributed by atoms with Gasteiger partial charge >= 0.3 is 0 Å². The molecule has 1 unspecified atom stereocenters. The van der Waals surface area contributed by atoms with E-state index >= 15 is 0 Å². The molecule has 25 heavy (non-hydrogen) atoms. The standard InChI is InChI=1S/C16H25N3O3S2.ClH/c1-13-9-17-5-6-18(13)11-16(20)19(10-15-3-2-7-23-15)14-4-8-24(21,22)12-14;/h2-3,7,13-14,17H,4-6,8-12H2,1H3;1H/t13-,14?;/m0./s1. The van der Waals surface area contributed by atoms with E-state index in [0.29, 0.717) is 25.6 Å². The van der Waals surface area contributed by atoms with Crippen LogP contribution in [0.2, 0.25) is 0 Å².